The van der Waals surface area contributed by atoms with Crippen LogP contribution in [0.15, 0.2) is 66.9 Å². The fourth-order valence-electron chi connectivity index (χ4n) is 2.45. The molecule has 2 N–H and O–H groups in total. The van der Waals surface area contributed by atoms with Crippen LogP contribution in [0.25, 0.3) is 0 Å². The number of carbonyl (C=O) groups is 1. The number of halogens is 1. The lowest BCUT2D eigenvalue weighted by atomic mass is 10.0. The first kappa shape index (κ1) is 17.0. The SMILES string of the molecule is NC(=O)c1ccc(Cc2ccc(Cl)cc2)c(OCc2ccccn2)c1. The van der Waals surface area contributed by atoms with E-state index >= 15 is 0 Å². The molecule has 126 valence electrons. The van der Waals surface area contributed by atoms with Gasteiger partial charge < -0.3 is 10.5 Å². The molecule has 0 atom stereocenters. The standard InChI is InChI=1S/C20H17ClN2O2/c21-17-8-4-14(5-9-17)11-15-6-7-16(20(22)24)12-19(15)25-13-18-3-1-2-10-23-18/h1-10,12H,11,13H2,(H2,22,24). The van der Waals surface area contributed by atoms with Gasteiger partial charge in [0.1, 0.15) is 12.4 Å². The van der Waals surface area contributed by atoms with Gasteiger partial charge in [0.15, 0.2) is 0 Å². The maximum absolute atomic E-state index is 11.5. The van der Waals surface area contributed by atoms with Crippen LogP contribution >= 0.6 is 11.6 Å². The first-order valence-electron chi connectivity index (χ1n) is 7.82. The average Bonchev–Trinajstić information content (AvgIpc) is 2.63. The number of aromatic nitrogens is 1. The smallest absolute Gasteiger partial charge is 0.248 e. The van der Waals surface area contributed by atoms with Crippen LogP contribution in [0.4, 0.5) is 0 Å². The topological polar surface area (TPSA) is 65.2 Å². The Kier molecular flexibility index (Phi) is 5.31. The van der Waals surface area contributed by atoms with E-state index in [2.05, 4.69) is 4.98 Å². The summed E-state index contributed by atoms with van der Waals surface area (Å²) in [5, 5.41) is 0.694. The third-order valence-electron chi connectivity index (χ3n) is 3.76. The lowest BCUT2D eigenvalue weighted by Crippen LogP contribution is -2.11. The highest BCUT2D eigenvalue weighted by Gasteiger charge is 2.10. The van der Waals surface area contributed by atoms with Crippen LogP contribution in [-0.2, 0) is 13.0 Å². The third-order valence-corrected chi connectivity index (χ3v) is 4.01. The minimum absolute atomic E-state index is 0.316. The van der Waals surface area contributed by atoms with Gasteiger partial charge in [0, 0.05) is 23.2 Å². The first-order chi connectivity index (χ1) is 12.1. The first-order valence-corrected chi connectivity index (χ1v) is 8.19. The number of benzene rings is 2. The average molecular weight is 353 g/mol. The lowest BCUT2D eigenvalue weighted by molar-refractivity contribution is 0.1000. The zero-order valence-corrected chi connectivity index (χ0v) is 14.2. The molecule has 0 aliphatic heterocycles. The second-order valence-electron chi connectivity index (χ2n) is 5.60. The Bertz CT molecular complexity index is 865. The summed E-state index contributed by atoms with van der Waals surface area (Å²) < 4.78 is 5.91. The second-order valence-corrected chi connectivity index (χ2v) is 6.04. The van der Waals surface area contributed by atoms with E-state index in [1.807, 2.05) is 48.5 Å². The third kappa shape index (κ3) is 4.58. The number of nitrogens with two attached hydrogens (primary N) is 1. The van der Waals surface area contributed by atoms with Gasteiger partial charge >= 0.3 is 0 Å². The summed E-state index contributed by atoms with van der Waals surface area (Å²) in [4.78, 5) is 15.7. The minimum atomic E-state index is -0.485. The molecular weight excluding hydrogens is 336 g/mol. The van der Waals surface area contributed by atoms with Crippen molar-refractivity contribution in [2.24, 2.45) is 5.73 Å². The summed E-state index contributed by atoms with van der Waals surface area (Å²) in [5.41, 5.74) is 8.67. The molecule has 0 fully saturated rings. The van der Waals surface area contributed by atoms with E-state index in [-0.39, 0.29) is 0 Å². The normalized spacial score (nSPS) is 10.4. The highest BCUT2D eigenvalue weighted by atomic mass is 35.5. The monoisotopic (exact) mass is 352 g/mol. The van der Waals surface area contributed by atoms with E-state index in [9.17, 15) is 4.79 Å². The molecule has 0 spiro atoms. The molecule has 0 bridgehead atoms. The maximum Gasteiger partial charge on any atom is 0.248 e. The van der Waals surface area contributed by atoms with Crippen LogP contribution in [-0.4, -0.2) is 10.9 Å². The molecule has 1 aromatic heterocycles. The molecule has 0 unspecified atom stereocenters. The van der Waals surface area contributed by atoms with E-state index in [1.54, 1.807) is 18.3 Å². The van der Waals surface area contributed by atoms with Crippen molar-refractivity contribution in [3.63, 3.8) is 0 Å². The van der Waals surface area contributed by atoms with Crippen molar-refractivity contribution in [1.82, 2.24) is 4.98 Å². The van der Waals surface area contributed by atoms with E-state index in [4.69, 9.17) is 22.1 Å². The summed E-state index contributed by atoms with van der Waals surface area (Å²) in [7, 11) is 0. The van der Waals surface area contributed by atoms with Crippen LogP contribution in [0.3, 0.4) is 0 Å². The van der Waals surface area contributed by atoms with Gasteiger partial charge in [-0.25, -0.2) is 0 Å². The zero-order valence-electron chi connectivity index (χ0n) is 13.5. The number of amides is 1. The van der Waals surface area contributed by atoms with Crippen LogP contribution in [0.1, 0.15) is 27.2 Å². The van der Waals surface area contributed by atoms with Gasteiger partial charge in [-0.05, 0) is 47.5 Å². The molecule has 0 saturated carbocycles. The van der Waals surface area contributed by atoms with Crippen LogP contribution < -0.4 is 10.5 Å². The molecule has 3 aromatic rings. The molecule has 2 aromatic carbocycles. The number of primary amides is 1. The molecule has 3 rings (SSSR count). The van der Waals surface area contributed by atoms with Crippen LogP contribution in [0.5, 0.6) is 5.75 Å². The van der Waals surface area contributed by atoms with Gasteiger partial charge in [-0.15, -0.1) is 0 Å². The predicted molar refractivity (Wildman–Crippen MR) is 97.8 cm³/mol. The molecule has 0 aliphatic carbocycles. The number of hydrogen-bond donors (Lipinski definition) is 1. The van der Waals surface area contributed by atoms with Crippen molar-refractivity contribution in [1.29, 1.82) is 0 Å². The summed E-state index contributed by atoms with van der Waals surface area (Å²) >= 11 is 5.94. The molecule has 25 heavy (non-hydrogen) atoms. The largest absolute Gasteiger partial charge is 0.487 e. The number of ether oxygens (including phenoxy) is 1. The van der Waals surface area contributed by atoms with Crippen molar-refractivity contribution in [3.05, 3.63) is 94.3 Å². The Morgan fingerprint density at radius 1 is 1.08 bits per heavy atom. The molecule has 1 amide bonds. The van der Waals surface area contributed by atoms with Crippen molar-refractivity contribution < 1.29 is 9.53 Å². The molecule has 0 aliphatic rings. The van der Waals surface area contributed by atoms with Gasteiger partial charge in [-0.1, -0.05) is 35.9 Å². The van der Waals surface area contributed by atoms with Gasteiger partial charge in [0.2, 0.25) is 5.91 Å². The second kappa shape index (κ2) is 7.81. The van der Waals surface area contributed by atoms with E-state index in [0.29, 0.717) is 29.4 Å². The quantitative estimate of drug-likeness (QED) is 0.729. The fraction of sp³-hybridized carbons (Fsp3) is 0.100. The van der Waals surface area contributed by atoms with Crippen LogP contribution in [0, 0.1) is 0 Å². The Labute approximate surface area is 151 Å². The van der Waals surface area contributed by atoms with Gasteiger partial charge in [0.25, 0.3) is 0 Å². The number of pyridine rings is 1. The Morgan fingerprint density at radius 2 is 1.88 bits per heavy atom. The molecule has 5 heteroatoms. The number of rotatable bonds is 6. The number of nitrogens with zero attached hydrogens (tertiary/aromatic N) is 1. The van der Waals surface area contributed by atoms with E-state index < -0.39 is 5.91 Å². The Morgan fingerprint density at radius 3 is 2.56 bits per heavy atom. The Balaban J connectivity index is 1.85. The van der Waals surface area contributed by atoms with Crippen molar-refractivity contribution in [3.8, 4) is 5.75 Å². The molecular formula is C20H17ClN2O2. The number of carbonyl (C=O) groups excluding carboxylic acids is 1. The van der Waals surface area contributed by atoms with Gasteiger partial charge in [0.05, 0.1) is 5.69 Å². The summed E-state index contributed by atoms with van der Waals surface area (Å²) in [6.45, 7) is 0.316. The van der Waals surface area contributed by atoms with Gasteiger partial charge in [-0.2, -0.15) is 0 Å². The molecule has 4 nitrogen and oxygen atoms in total. The van der Waals surface area contributed by atoms with Crippen molar-refractivity contribution >= 4 is 17.5 Å². The number of hydrogen-bond acceptors (Lipinski definition) is 3. The van der Waals surface area contributed by atoms with E-state index in [0.717, 1.165) is 16.8 Å². The van der Waals surface area contributed by atoms with Crippen LogP contribution in [0.2, 0.25) is 5.02 Å². The Hall–Kier alpha value is -2.85. The van der Waals surface area contributed by atoms with E-state index in [1.165, 1.54) is 0 Å². The fourth-order valence-corrected chi connectivity index (χ4v) is 2.57. The zero-order chi connectivity index (χ0) is 17.6. The maximum atomic E-state index is 11.5. The van der Waals surface area contributed by atoms with Crippen molar-refractivity contribution in [2.75, 3.05) is 0 Å². The highest BCUT2D eigenvalue weighted by Crippen LogP contribution is 2.25. The lowest BCUT2D eigenvalue weighted by Gasteiger charge is -2.13. The van der Waals surface area contributed by atoms with Crippen molar-refractivity contribution in [2.45, 2.75) is 13.0 Å². The summed E-state index contributed by atoms with van der Waals surface area (Å²) in [5.74, 6) is 0.137. The van der Waals surface area contributed by atoms with Gasteiger partial charge in [-0.3, -0.25) is 9.78 Å². The summed E-state index contributed by atoms with van der Waals surface area (Å²) in [6, 6.07) is 18.5. The predicted octanol–water partition coefficient (Wildman–Crippen LogP) is 4.00. The molecule has 1 heterocycles. The minimum Gasteiger partial charge on any atom is -0.487 e. The molecule has 0 radical (unpaired) electrons. The highest BCUT2D eigenvalue weighted by molar-refractivity contribution is 6.30. The summed E-state index contributed by atoms with van der Waals surface area (Å²) in [6.07, 6.45) is 2.38. The molecule has 0 saturated heterocycles.